The van der Waals surface area contributed by atoms with Crippen molar-refractivity contribution in [2.45, 2.75) is 12.6 Å². The second-order valence-corrected chi connectivity index (χ2v) is 6.80. The highest BCUT2D eigenvalue weighted by Gasteiger charge is 2.37. The summed E-state index contributed by atoms with van der Waals surface area (Å²) in [7, 11) is 1.86. The molecule has 0 saturated carbocycles. The molecule has 1 amide bonds. The summed E-state index contributed by atoms with van der Waals surface area (Å²) in [6, 6.07) is 6.44. The van der Waals surface area contributed by atoms with E-state index in [-0.39, 0.29) is 23.7 Å². The van der Waals surface area contributed by atoms with E-state index in [1.54, 1.807) is 16.9 Å². The Morgan fingerprint density at radius 1 is 1.32 bits per heavy atom. The van der Waals surface area contributed by atoms with Crippen LogP contribution in [-0.2, 0) is 16.1 Å². The number of aromatic nitrogens is 2. The summed E-state index contributed by atoms with van der Waals surface area (Å²) in [5.41, 5.74) is 1.74. The van der Waals surface area contributed by atoms with Gasteiger partial charge in [0.1, 0.15) is 5.82 Å². The quantitative estimate of drug-likeness (QED) is 0.842. The van der Waals surface area contributed by atoms with Gasteiger partial charge in [0.2, 0.25) is 5.91 Å². The van der Waals surface area contributed by atoms with Crippen LogP contribution in [0, 0.1) is 11.7 Å². The minimum absolute atomic E-state index is 0.0817. The van der Waals surface area contributed by atoms with Crippen LogP contribution in [0.4, 0.5) is 4.39 Å². The van der Waals surface area contributed by atoms with E-state index < -0.39 is 0 Å². The van der Waals surface area contributed by atoms with Crippen LogP contribution < -0.4 is 0 Å². The highest BCUT2D eigenvalue weighted by Crippen LogP contribution is 2.21. The van der Waals surface area contributed by atoms with E-state index in [1.165, 1.54) is 12.1 Å². The Balaban J connectivity index is 1.50. The van der Waals surface area contributed by atoms with Crippen LogP contribution in [0.5, 0.6) is 0 Å². The smallest absolute Gasteiger partial charge is 0.229 e. The maximum absolute atomic E-state index is 13.4. The molecular formula is C18H21FN4O2. The van der Waals surface area contributed by atoms with E-state index in [2.05, 4.69) is 10.00 Å². The Morgan fingerprint density at radius 2 is 2.20 bits per heavy atom. The van der Waals surface area contributed by atoms with Gasteiger partial charge in [0.15, 0.2) is 0 Å². The average Bonchev–Trinajstić information content (AvgIpc) is 2.96. The fourth-order valence-electron chi connectivity index (χ4n) is 3.58. The number of nitrogens with zero attached hydrogens (tertiary/aromatic N) is 4. The maximum atomic E-state index is 13.4. The Hall–Kier alpha value is -2.25. The summed E-state index contributed by atoms with van der Waals surface area (Å²) >= 11 is 0. The fraction of sp³-hybridized carbons (Fsp3) is 0.444. The number of hydrogen-bond acceptors (Lipinski definition) is 4. The molecule has 2 aromatic rings. The number of rotatable bonds is 3. The maximum Gasteiger partial charge on any atom is 0.229 e. The van der Waals surface area contributed by atoms with E-state index in [1.807, 2.05) is 24.2 Å². The highest BCUT2D eigenvalue weighted by atomic mass is 19.1. The van der Waals surface area contributed by atoms with Crippen molar-refractivity contribution in [3.8, 4) is 5.69 Å². The van der Waals surface area contributed by atoms with Crippen molar-refractivity contribution < 1.29 is 13.9 Å². The number of hydrogen-bond donors (Lipinski definition) is 0. The molecule has 3 heterocycles. The van der Waals surface area contributed by atoms with Gasteiger partial charge in [-0.2, -0.15) is 5.10 Å². The molecule has 0 radical (unpaired) electrons. The molecule has 0 aliphatic carbocycles. The molecule has 1 aromatic heterocycles. The summed E-state index contributed by atoms with van der Waals surface area (Å²) in [4.78, 5) is 16.5. The Bertz CT molecular complexity index is 778. The normalized spacial score (nSPS) is 24.4. The lowest BCUT2D eigenvalue weighted by molar-refractivity contribution is -0.133. The number of carbonyl (C=O) groups excluding carboxylic acids is 1. The van der Waals surface area contributed by atoms with Crippen LogP contribution in [0.25, 0.3) is 5.69 Å². The Labute approximate surface area is 145 Å². The monoisotopic (exact) mass is 344 g/mol. The molecule has 2 saturated heterocycles. The molecule has 2 aliphatic rings. The number of fused-ring (bicyclic) bond motifs is 3. The van der Waals surface area contributed by atoms with Crippen molar-refractivity contribution in [1.82, 2.24) is 19.6 Å². The Morgan fingerprint density at radius 3 is 3.04 bits per heavy atom. The van der Waals surface area contributed by atoms with E-state index in [4.69, 9.17) is 4.74 Å². The number of amides is 1. The van der Waals surface area contributed by atoms with Crippen molar-refractivity contribution >= 4 is 5.91 Å². The van der Waals surface area contributed by atoms with Gasteiger partial charge in [-0.15, -0.1) is 0 Å². The number of likely N-dealkylation sites (N-methyl/N-ethyl adjacent to an activating group) is 1. The second-order valence-electron chi connectivity index (χ2n) is 6.80. The van der Waals surface area contributed by atoms with E-state index in [9.17, 15) is 9.18 Å². The van der Waals surface area contributed by atoms with E-state index in [0.717, 1.165) is 12.1 Å². The SMILES string of the molecule is CN1C(=O)[C@H]2COC[C@@H]1CN(Cc1cnn(-c3cccc(F)c3)c1)C2. The number of carbonyl (C=O) groups is 1. The summed E-state index contributed by atoms with van der Waals surface area (Å²) in [6.07, 6.45) is 3.71. The van der Waals surface area contributed by atoms with Gasteiger partial charge in [0, 0.05) is 38.4 Å². The van der Waals surface area contributed by atoms with Crippen molar-refractivity contribution in [3.05, 3.63) is 48.0 Å². The molecule has 6 nitrogen and oxygen atoms in total. The van der Waals surface area contributed by atoms with Crippen molar-refractivity contribution in [2.24, 2.45) is 5.92 Å². The molecule has 25 heavy (non-hydrogen) atoms. The first-order valence-electron chi connectivity index (χ1n) is 8.46. The molecular weight excluding hydrogens is 323 g/mol. The van der Waals surface area contributed by atoms with Crippen LogP contribution >= 0.6 is 0 Å². The van der Waals surface area contributed by atoms with Crippen molar-refractivity contribution in [1.29, 1.82) is 0 Å². The van der Waals surface area contributed by atoms with E-state index in [0.29, 0.717) is 32.0 Å². The third kappa shape index (κ3) is 3.29. The zero-order valence-electron chi connectivity index (χ0n) is 14.1. The van der Waals surface area contributed by atoms with Crippen molar-refractivity contribution in [2.75, 3.05) is 33.4 Å². The van der Waals surface area contributed by atoms with Gasteiger partial charge >= 0.3 is 0 Å². The first-order chi connectivity index (χ1) is 12.1. The molecule has 2 bridgehead atoms. The lowest BCUT2D eigenvalue weighted by Crippen LogP contribution is -2.42. The second kappa shape index (κ2) is 6.57. The van der Waals surface area contributed by atoms with Crippen molar-refractivity contribution in [3.63, 3.8) is 0 Å². The molecule has 0 unspecified atom stereocenters. The lowest BCUT2D eigenvalue weighted by atomic mass is 10.1. The molecule has 1 aromatic carbocycles. The van der Waals surface area contributed by atoms with Gasteiger partial charge in [-0.05, 0) is 18.2 Å². The fourth-order valence-corrected chi connectivity index (χ4v) is 3.58. The summed E-state index contributed by atoms with van der Waals surface area (Å²) in [6.45, 7) is 3.24. The van der Waals surface area contributed by atoms with E-state index >= 15 is 0 Å². The Kier molecular flexibility index (Phi) is 4.27. The van der Waals surface area contributed by atoms with Crippen LogP contribution in [-0.4, -0.2) is 64.9 Å². The summed E-state index contributed by atoms with van der Waals surface area (Å²) in [5, 5.41) is 4.34. The standard InChI is InChI=1S/C18H21FN4O2/c1-21-17-10-22(9-14(18(21)24)11-25-12-17)7-13-6-20-23(8-13)16-4-2-3-15(19)5-16/h2-6,8,14,17H,7,9-12H2,1H3/t14-,17+/m1/s1. The molecule has 2 aliphatic heterocycles. The third-order valence-electron chi connectivity index (χ3n) is 4.94. The molecule has 0 spiro atoms. The highest BCUT2D eigenvalue weighted by molar-refractivity contribution is 5.79. The van der Waals surface area contributed by atoms with Gasteiger partial charge in [0.05, 0.1) is 37.1 Å². The van der Waals surface area contributed by atoms with Gasteiger partial charge < -0.3 is 9.64 Å². The number of halogens is 1. The van der Waals surface area contributed by atoms with Crippen LogP contribution in [0.2, 0.25) is 0 Å². The first kappa shape index (κ1) is 16.2. The van der Waals surface area contributed by atoms with Gasteiger partial charge in [-0.3, -0.25) is 9.69 Å². The zero-order chi connectivity index (χ0) is 17.4. The molecule has 2 atom stereocenters. The predicted molar refractivity (Wildman–Crippen MR) is 89.7 cm³/mol. The molecule has 4 rings (SSSR count). The molecule has 0 N–H and O–H groups in total. The first-order valence-corrected chi connectivity index (χ1v) is 8.46. The van der Waals surface area contributed by atoms with Gasteiger partial charge in [-0.25, -0.2) is 9.07 Å². The van der Waals surface area contributed by atoms with Crippen LogP contribution in [0.1, 0.15) is 5.56 Å². The molecule has 7 heteroatoms. The summed E-state index contributed by atoms with van der Waals surface area (Å²) in [5.74, 6) is -0.229. The topological polar surface area (TPSA) is 50.6 Å². The zero-order valence-corrected chi connectivity index (χ0v) is 14.1. The summed E-state index contributed by atoms with van der Waals surface area (Å²) < 4.78 is 20.7. The molecule has 132 valence electrons. The van der Waals surface area contributed by atoms with Crippen LogP contribution in [0.3, 0.4) is 0 Å². The molecule has 2 fully saturated rings. The third-order valence-corrected chi connectivity index (χ3v) is 4.94. The minimum atomic E-state index is -0.281. The predicted octanol–water partition coefficient (Wildman–Crippen LogP) is 1.30. The number of benzene rings is 1. The number of ether oxygens (including phenoxy) is 1. The lowest BCUT2D eigenvalue weighted by Gasteiger charge is -2.28. The average molecular weight is 344 g/mol. The van der Waals surface area contributed by atoms with Gasteiger partial charge in [-0.1, -0.05) is 6.07 Å². The largest absolute Gasteiger partial charge is 0.378 e. The van der Waals surface area contributed by atoms with Gasteiger partial charge in [0.25, 0.3) is 0 Å². The van der Waals surface area contributed by atoms with Crippen LogP contribution in [0.15, 0.2) is 36.7 Å². The minimum Gasteiger partial charge on any atom is -0.378 e.